The van der Waals surface area contributed by atoms with Crippen LogP contribution in [0.25, 0.3) is 0 Å². The van der Waals surface area contributed by atoms with Gasteiger partial charge in [0.2, 0.25) is 5.91 Å². The third kappa shape index (κ3) is 7.24. The normalized spacial score (nSPS) is 12.9. The SMILES string of the molecule is CC[C@@H](C)NC(=O)[C@H](C)N(Cc1ccccc1Cl)C(=O)COc1ccc(C(C)C)cc1Br. The van der Waals surface area contributed by atoms with Crippen molar-refractivity contribution >= 4 is 39.3 Å². The lowest BCUT2D eigenvalue weighted by Crippen LogP contribution is -2.50. The van der Waals surface area contributed by atoms with Crippen LogP contribution >= 0.6 is 27.5 Å². The fourth-order valence-electron chi connectivity index (χ4n) is 3.07. The summed E-state index contributed by atoms with van der Waals surface area (Å²) in [7, 11) is 0. The van der Waals surface area contributed by atoms with Crippen LogP contribution in [0.3, 0.4) is 0 Å². The summed E-state index contributed by atoms with van der Waals surface area (Å²) < 4.78 is 6.60. The summed E-state index contributed by atoms with van der Waals surface area (Å²) in [5, 5.41) is 3.50. The predicted molar refractivity (Wildman–Crippen MR) is 133 cm³/mol. The first-order valence-corrected chi connectivity index (χ1v) is 12.1. The smallest absolute Gasteiger partial charge is 0.261 e. The molecule has 0 aromatic heterocycles. The van der Waals surface area contributed by atoms with Crippen LogP contribution in [0.1, 0.15) is 58.1 Å². The molecular formula is C25H32BrClN2O3. The first-order valence-electron chi connectivity index (χ1n) is 10.9. The number of carbonyl (C=O) groups excluding carboxylic acids is 2. The average molecular weight is 524 g/mol. The largest absolute Gasteiger partial charge is 0.483 e. The molecule has 2 rings (SSSR count). The van der Waals surface area contributed by atoms with Gasteiger partial charge in [-0.3, -0.25) is 9.59 Å². The van der Waals surface area contributed by atoms with E-state index in [-0.39, 0.29) is 31.0 Å². The zero-order valence-electron chi connectivity index (χ0n) is 19.3. The van der Waals surface area contributed by atoms with Crippen LogP contribution in [0, 0.1) is 0 Å². The van der Waals surface area contributed by atoms with Crippen molar-refractivity contribution in [1.82, 2.24) is 10.2 Å². The Morgan fingerprint density at radius 3 is 2.41 bits per heavy atom. The van der Waals surface area contributed by atoms with Crippen LogP contribution in [0.5, 0.6) is 5.75 Å². The molecule has 0 fully saturated rings. The van der Waals surface area contributed by atoms with E-state index in [1.807, 2.05) is 50.2 Å². The number of benzene rings is 2. The minimum atomic E-state index is -0.678. The van der Waals surface area contributed by atoms with Gasteiger partial charge in [0.25, 0.3) is 5.91 Å². The zero-order valence-corrected chi connectivity index (χ0v) is 21.7. The Balaban J connectivity index is 2.19. The molecule has 0 saturated heterocycles. The number of amides is 2. The van der Waals surface area contributed by atoms with Gasteiger partial charge in [0.1, 0.15) is 11.8 Å². The molecule has 0 radical (unpaired) electrons. The molecule has 0 saturated carbocycles. The summed E-state index contributed by atoms with van der Waals surface area (Å²) in [6.45, 7) is 9.91. The van der Waals surface area contributed by atoms with Crippen molar-refractivity contribution in [3.8, 4) is 5.75 Å². The van der Waals surface area contributed by atoms with Crippen molar-refractivity contribution in [2.45, 2.75) is 65.6 Å². The monoisotopic (exact) mass is 522 g/mol. The van der Waals surface area contributed by atoms with Crippen LogP contribution in [-0.2, 0) is 16.1 Å². The highest BCUT2D eigenvalue weighted by Gasteiger charge is 2.27. The van der Waals surface area contributed by atoms with E-state index in [0.717, 1.165) is 16.5 Å². The molecule has 0 aliphatic carbocycles. The Hall–Kier alpha value is -2.05. The topological polar surface area (TPSA) is 58.6 Å². The second kappa shape index (κ2) is 12.3. The number of nitrogens with one attached hydrogen (secondary N) is 1. The van der Waals surface area contributed by atoms with Crippen molar-refractivity contribution in [2.24, 2.45) is 0 Å². The van der Waals surface area contributed by atoms with Gasteiger partial charge in [-0.05, 0) is 71.4 Å². The number of nitrogens with zero attached hydrogens (tertiary/aromatic N) is 1. The highest BCUT2D eigenvalue weighted by molar-refractivity contribution is 9.10. The molecule has 0 aliphatic heterocycles. The molecule has 174 valence electrons. The Morgan fingerprint density at radius 1 is 1.12 bits per heavy atom. The highest BCUT2D eigenvalue weighted by Crippen LogP contribution is 2.29. The van der Waals surface area contributed by atoms with E-state index >= 15 is 0 Å². The van der Waals surface area contributed by atoms with Crippen LogP contribution in [0.2, 0.25) is 5.02 Å². The highest BCUT2D eigenvalue weighted by atomic mass is 79.9. The Labute approximate surface area is 204 Å². The zero-order chi connectivity index (χ0) is 23.8. The summed E-state index contributed by atoms with van der Waals surface area (Å²) in [6.07, 6.45) is 0.806. The predicted octanol–water partition coefficient (Wildman–Crippen LogP) is 5.94. The maximum atomic E-state index is 13.2. The van der Waals surface area contributed by atoms with Crippen molar-refractivity contribution in [2.75, 3.05) is 6.61 Å². The number of hydrogen-bond acceptors (Lipinski definition) is 3. The molecule has 32 heavy (non-hydrogen) atoms. The van der Waals surface area contributed by atoms with E-state index in [4.69, 9.17) is 16.3 Å². The van der Waals surface area contributed by atoms with Crippen molar-refractivity contribution in [3.63, 3.8) is 0 Å². The van der Waals surface area contributed by atoms with Gasteiger partial charge in [0.15, 0.2) is 6.61 Å². The van der Waals surface area contributed by atoms with Gasteiger partial charge in [-0.1, -0.05) is 56.6 Å². The Kier molecular flexibility index (Phi) is 10.0. The summed E-state index contributed by atoms with van der Waals surface area (Å²) in [4.78, 5) is 27.5. The minimum Gasteiger partial charge on any atom is -0.483 e. The summed E-state index contributed by atoms with van der Waals surface area (Å²) in [5.41, 5.74) is 1.94. The molecule has 5 nitrogen and oxygen atoms in total. The van der Waals surface area contributed by atoms with Gasteiger partial charge in [-0.15, -0.1) is 0 Å². The van der Waals surface area contributed by atoms with Gasteiger partial charge in [-0.25, -0.2) is 0 Å². The average Bonchev–Trinajstić information content (AvgIpc) is 2.76. The van der Waals surface area contributed by atoms with Gasteiger partial charge in [0.05, 0.1) is 4.47 Å². The fourth-order valence-corrected chi connectivity index (χ4v) is 3.78. The third-order valence-electron chi connectivity index (χ3n) is 5.44. The molecular weight excluding hydrogens is 492 g/mol. The quantitative estimate of drug-likeness (QED) is 0.419. The van der Waals surface area contributed by atoms with E-state index in [1.54, 1.807) is 13.0 Å². The molecule has 0 bridgehead atoms. The fraction of sp³-hybridized carbons (Fsp3) is 0.440. The first kappa shape index (κ1) is 26.2. The number of carbonyl (C=O) groups is 2. The second-order valence-corrected chi connectivity index (χ2v) is 9.50. The van der Waals surface area contributed by atoms with Crippen LogP contribution in [0.4, 0.5) is 0 Å². The Bertz CT molecular complexity index is 935. The first-order chi connectivity index (χ1) is 15.1. The minimum absolute atomic E-state index is 0.0221. The second-order valence-electron chi connectivity index (χ2n) is 8.24. The van der Waals surface area contributed by atoms with Crippen LogP contribution in [-0.4, -0.2) is 35.4 Å². The summed E-state index contributed by atoms with van der Waals surface area (Å²) >= 11 is 9.84. The van der Waals surface area contributed by atoms with Crippen LogP contribution in [0.15, 0.2) is 46.9 Å². The molecule has 0 heterocycles. The maximum Gasteiger partial charge on any atom is 0.261 e. The lowest BCUT2D eigenvalue weighted by atomic mass is 10.0. The molecule has 1 N–H and O–H groups in total. The third-order valence-corrected chi connectivity index (χ3v) is 6.43. The molecule has 0 aliphatic rings. The van der Waals surface area contributed by atoms with Gasteiger partial charge < -0.3 is 15.0 Å². The molecule has 2 atom stereocenters. The number of rotatable bonds is 10. The van der Waals surface area contributed by atoms with Crippen molar-refractivity contribution in [3.05, 3.63) is 63.1 Å². The standard InChI is InChI=1S/C25H32BrClN2O3/c1-6-17(4)28-25(31)18(5)29(14-20-9-7-8-10-22(20)27)24(30)15-32-23-12-11-19(16(2)3)13-21(23)26/h7-13,16-18H,6,14-15H2,1-5H3,(H,28,31)/t17-,18+/m1/s1. The lowest BCUT2D eigenvalue weighted by Gasteiger charge is -2.30. The lowest BCUT2D eigenvalue weighted by molar-refractivity contribution is -0.142. The molecule has 0 spiro atoms. The van der Waals surface area contributed by atoms with Gasteiger partial charge in [-0.2, -0.15) is 0 Å². The molecule has 2 aromatic carbocycles. The van der Waals surface area contributed by atoms with Crippen molar-refractivity contribution in [1.29, 1.82) is 0 Å². The van der Waals surface area contributed by atoms with E-state index in [2.05, 4.69) is 35.1 Å². The maximum absolute atomic E-state index is 13.2. The number of hydrogen-bond donors (Lipinski definition) is 1. The number of ether oxygens (including phenoxy) is 1. The molecule has 2 amide bonds. The summed E-state index contributed by atoms with van der Waals surface area (Å²) in [6, 6.07) is 12.5. The van der Waals surface area contributed by atoms with E-state index in [1.165, 1.54) is 10.5 Å². The van der Waals surface area contributed by atoms with Crippen LogP contribution < -0.4 is 10.1 Å². The van der Waals surface area contributed by atoms with Gasteiger partial charge >= 0.3 is 0 Å². The Morgan fingerprint density at radius 2 is 1.81 bits per heavy atom. The van der Waals surface area contributed by atoms with E-state index in [9.17, 15) is 9.59 Å². The van der Waals surface area contributed by atoms with E-state index in [0.29, 0.717) is 16.7 Å². The molecule has 7 heteroatoms. The molecule has 2 aromatic rings. The summed E-state index contributed by atoms with van der Waals surface area (Å²) in [5.74, 6) is 0.467. The van der Waals surface area contributed by atoms with Gasteiger partial charge in [0, 0.05) is 17.6 Å². The molecule has 0 unspecified atom stereocenters. The van der Waals surface area contributed by atoms with E-state index < -0.39 is 6.04 Å². The van der Waals surface area contributed by atoms with Crippen molar-refractivity contribution < 1.29 is 14.3 Å². The number of halogens is 2.